The molecule has 0 fully saturated rings. The van der Waals surface area contributed by atoms with E-state index in [1.807, 2.05) is 0 Å². The fourth-order valence-corrected chi connectivity index (χ4v) is 5.32. The molecule has 0 heterocycles. The first-order valence-corrected chi connectivity index (χ1v) is 17.9. The molecule has 2 rings (SSSR count). The maximum Gasteiger partial charge on any atom is 0.421 e. The van der Waals surface area contributed by atoms with Gasteiger partial charge in [0, 0.05) is 17.8 Å². The Hall–Kier alpha value is -4.14. The van der Waals surface area contributed by atoms with Crippen LogP contribution in [-0.2, 0) is 60.4 Å². The molecule has 60 heavy (non-hydrogen) atoms. The zero-order chi connectivity index (χ0) is 46.5. The standard InChI is InChI=1S/C40H46F12O8/c1-11-55-33(7,37(41,42)43)26-14-12-16-28(18-26)35(9,39(47,48)49)57-21-30(60-32(54)24(4)5)22-58-36(10,40(50,51)52)29-17-13-15-27(19-29)34(8,38(44,45)46)56-20-25(6)59-31(53)23(2)3/h12-19,25,30H,2,4,11,20-22H2,1,3,5-10H3. The third-order valence-corrected chi connectivity index (χ3v) is 9.53. The van der Waals surface area contributed by atoms with E-state index in [2.05, 4.69) is 13.2 Å². The Labute approximate surface area is 338 Å². The number of hydrogen-bond donors (Lipinski definition) is 0. The number of halogens is 12. The van der Waals surface area contributed by atoms with E-state index in [0.29, 0.717) is 39.8 Å². The van der Waals surface area contributed by atoms with Crippen LogP contribution >= 0.6 is 0 Å². The molecule has 0 aliphatic carbocycles. The lowest BCUT2D eigenvalue weighted by Crippen LogP contribution is -2.48. The van der Waals surface area contributed by atoms with Crippen molar-refractivity contribution in [1.29, 1.82) is 0 Å². The lowest BCUT2D eigenvalue weighted by Gasteiger charge is -2.38. The number of carbonyl (C=O) groups excluding carboxylic acids is 2. The Balaban J connectivity index is 2.61. The second kappa shape index (κ2) is 18.9. The molecule has 2 aromatic carbocycles. The highest BCUT2D eigenvalue weighted by Gasteiger charge is 2.59. The van der Waals surface area contributed by atoms with Gasteiger partial charge in [-0.25, -0.2) is 9.59 Å². The number of hydrogen-bond acceptors (Lipinski definition) is 8. The van der Waals surface area contributed by atoms with E-state index < -0.39 is 120 Å². The van der Waals surface area contributed by atoms with Crippen molar-refractivity contribution in [2.75, 3.05) is 26.4 Å². The molecule has 0 saturated heterocycles. The Morgan fingerprint density at radius 3 is 1.10 bits per heavy atom. The first-order chi connectivity index (χ1) is 27.1. The summed E-state index contributed by atoms with van der Waals surface area (Å²) in [6, 6.07) is 5.92. The van der Waals surface area contributed by atoms with Crippen LogP contribution in [0.25, 0.3) is 0 Å². The smallest absolute Gasteiger partial charge is 0.421 e. The fourth-order valence-electron chi connectivity index (χ4n) is 5.32. The largest absolute Gasteiger partial charge is 0.457 e. The average molecular weight is 883 g/mol. The predicted molar refractivity (Wildman–Crippen MR) is 191 cm³/mol. The summed E-state index contributed by atoms with van der Waals surface area (Å²) in [5.74, 6) is -2.27. The molecule has 0 spiro atoms. The third kappa shape index (κ3) is 11.6. The molecule has 0 aliphatic heterocycles. The second-order valence-electron chi connectivity index (χ2n) is 14.5. The van der Waals surface area contributed by atoms with Gasteiger partial charge in [0.1, 0.15) is 12.2 Å². The number of alkyl halides is 12. The molecule has 8 nitrogen and oxygen atoms in total. The van der Waals surface area contributed by atoms with Crippen molar-refractivity contribution >= 4 is 11.9 Å². The molecule has 0 bridgehead atoms. The van der Waals surface area contributed by atoms with E-state index >= 15 is 0 Å². The molecular formula is C40H46F12O8. The Bertz CT molecular complexity index is 1840. The van der Waals surface area contributed by atoms with Gasteiger partial charge < -0.3 is 28.4 Å². The SMILES string of the molecule is C=C(C)C(=O)OC(C)COC(C)(c1cccc(C(C)(OCC(COC(C)(c2cccc(C(C)(OCC)C(F)(F)F)c2)C(F)(F)F)OC(=O)C(=C)C)C(F)(F)F)c1)C(F)(F)F. The van der Waals surface area contributed by atoms with Crippen molar-refractivity contribution in [2.45, 2.75) is 115 Å². The molecule has 0 N–H and O–H groups in total. The van der Waals surface area contributed by atoms with E-state index in [0.717, 1.165) is 43.3 Å². The van der Waals surface area contributed by atoms with E-state index in [1.54, 1.807) is 0 Å². The van der Waals surface area contributed by atoms with E-state index in [1.165, 1.54) is 20.8 Å². The van der Waals surface area contributed by atoms with Crippen LogP contribution in [0.3, 0.4) is 0 Å². The van der Waals surface area contributed by atoms with Crippen molar-refractivity contribution in [3.05, 3.63) is 95.1 Å². The summed E-state index contributed by atoms with van der Waals surface area (Å²) in [4.78, 5) is 24.4. The van der Waals surface area contributed by atoms with Crippen LogP contribution in [0, 0.1) is 0 Å². The number of benzene rings is 2. The van der Waals surface area contributed by atoms with Crippen LogP contribution in [0.5, 0.6) is 0 Å². The van der Waals surface area contributed by atoms with Crippen LogP contribution in [-0.4, -0.2) is 75.3 Å². The molecule has 0 amide bonds. The van der Waals surface area contributed by atoms with Gasteiger partial charge >= 0.3 is 36.6 Å². The van der Waals surface area contributed by atoms with Gasteiger partial charge in [0.25, 0.3) is 0 Å². The topological polar surface area (TPSA) is 89.5 Å². The van der Waals surface area contributed by atoms with Gasteiger partial charge in [-0.2, -0.15) is 52.7 Å². The minimum absolute atomic E-state index is 0.0720. The summed E-state index contributed by atoms with van der Waals surface area (Å²) < 4.78 is 206. The molecule has 20 heteroatoms. The lowest BCUT2D eigenvalue weighted by molar-refractivity contribution is -0.296. The molecular weight excluding hydrogens is 836 g/mol. The Morgan fingerprint density at radius 2 is 0.817 bits per heavy atom. The summed E-state index contributed by atoms with van der Waals surface area (Å²) in [5, 5.41) is 0. The van der Waals surface area contributed by atoms with Crippen LogP contribution in [0.1, 0.15) is 77.6 Å². The average Bonchev–Trinajstić information content (AvgIpc) is 3.12. The number of ether oxygens (including phenoxy) is 6. The van der Waals surface area contributed by atoms with E-state index in [-0.39, 0.29) is 11.1 Å². The van der Waals surface area contributed by atoms with Gasteiger partial charge in [0.05, 0.1) is 19.8 Å². The molecule has 338 valence electrons. The summed E-state index contributed by atoms with van der Waals surface area (Å²) in [5.41, 5.74) is -17.4. The summed E-state index contributed by atoms with van der Waals surface area (Å²) in [6.45, 7) is 9.26. The zero-order valence-electron chi connectivity index (χ0n) is 33.8. The molecule has 6 unspecified atom stereocenters. The molecule has 0 aromatic heterocycles. The second-order valence-corrected chi connectivity index (χ2v) is 14.5. The number of carbonyl (C=O) groups is 2. The minimum atomic E-state index is -5.47. The van der Waals surface area contributed by atoms with Crippen LogP contribution in [0.2, 0.25) is 0 Å². The van der Waals surface area contributed by atoms with Crippen molar-refractivity contribution in [2.24, 2.45) is 0 Å². The van der Waals surface area contributed by atoms with Gasteiger partial charge in [-0.3, -0.25) is 0 Å². The zero-order valence-corrected chi connectivity index (χ0v) is 33.8. The van der Waals surface area contributed by atoms with E-state index in [9.17, 15) is 62.3 Å². The van der Waals surface area contributed by atoms with Crippen molar-refractivity contribution in [3.8, 4) is 0 Å². The van der Waals surface area contributed by atoms with Crippen molar-refractivity contribution in [3.63, 3.8) is 0 Å². The lowest BCUT2D eigenvalue weighted by atomic mass is 9.87. The summed E-state index contributed by atoms with van der Waals surface area (Å²) in [7, 11) is 0. The normalized spacial score (nSPS) is 17.9. The molecule has 0 aliphatic rings. The fraction of sp³-hybridized carbons (Fsp3) is 0.550. The predicted octanol–water partition coefficient (Wildman–Crippen LogP) is 10.6. The minimum Gasteiger partial charge on any atom is -0.457 e. The highest BCUT2D eigenvalue weighted by molar-refractivity contribution is 5.87. The highest BCUT2D eigenvalue weighted by Crippen LogP contribution is 2.48. The number of rotatable bonds is 19. The maximum absolute atomic E-state index is 14.9. The van der Waals surface area contributed by atoms with Crippen LogP contribution < -0.4 is 0 Å². The number of esters is 2. The molecule has 0 saturated carbocycles. The Morgan fingerprint density at radius 1 is 0.533 bits per heavy atom. The highest BCUT2D eigenvalue weighted by atomic mass is 19.4. The summed E-state index contributed by atoms with van der Waals surface area (Å²) in [6.07, 6.45) is -24.7. The van der Waals surface area contributed by atoms with E-state index in [4.69, 9.17) is 28.4 Å². The van der Waals surface area contributed by atoms with Crippen LogP contribution in [0.4, 0.5) is 52.7 Å². The third-order valence-electron chi connectivity index (χ3n) is 9.53. The first-order valence-electron chi connectivity index (χ1n) is 17.9. The van der Waals surface area contributed by atoms with Gasteiger partial charge in [-0.05, 0) is 89.8 Å². The quantitative estimate of drug-likeness (QED) is 0.0783. The maximum atomic E-state index is 14.9. The molecule has 6 atom stereocenters. The van der Waals surface area contributed by atoms with Gasteiger partial charge in [-0.1, -0.05) is 49.6 Å². The van der Waals surface area contributed by atoms with Crippen molar-refractivity contribution < 1.29 is 90.7 Å². The first kappa shape index (κ1) is 52.0. The van der Waals surface area contributed by atoms with Crippen molar-refractivity contribution in [1.82, 2.24) is 0 Å². The molecule has 2 aromatic rings. The van der Waals surface area contributed by atoms with Crippen LogP contribution in [0.15, 0.2) is 72.8 Å². The van der Waals surface area contributed by atoms with Gasteiger partial charge in [0.2, 0.25) is 0 Å². The Kier molecular flexibility index (Phi) is 16.3. The van der Waals surface area contributed by atoms with Gasteiger partial charge in [-0.15, -0.1) is 0 Å². The van der Waals surface area contributed by atoms with Gasteiger partial charge in [0.15, 0.2) is 22.4 Å². The summed E-state index contributed by atoms with van der Waals surface area (Å²) >= 11 is 0. The molecule has 0 radical (unpaired) electrons. The monoisotopic (exact) mass is 882 g/mol.